The smallest absolute Gasteiger partial charge is 0.135 e. The molecule has 2 heteroatoms. The van der Waals surface area contributed by atoms with E-state index in [-0.39, 0.29) is 0 Å². The maximum Gasteiger partial charge on any atom is 0.135 e. The molecular weight excluding hydrogens is 583 g/mol. The van der Waals surface area contributed by atoms with Crippen molar-refractivity contribution >= 4 is 43.5 Å². The van der Waals surface area contributed by atoms with Crippen molar-refractivity contribution in [3.8, 4) is 44.6 Å². The van der Waals surface area contributed by atoms with E-state index in [1.165, 1.54) is 49.4 Å². The van der Waals surface area contributed by atoms with E-state index in [1.54, 1.807) is 6.08 Å². The van der Waals surface area contributed by atoms with E-state index < -0.39 is 0 Å². The Bertz CT molecular complexity index is 2500. The maximum absolute atomic E-state index is 6.03. The molecular formula is C46H33NO. The lowest BCUT2D eigenvalue weighted by molar-refractivity contribution is 0.669. The number of hydrogen-bond acceptors (Lipinski definition) is 2. The molecule has 48 heavy (non-hydrogen) atoms. The second-order valence-corrected chi connectivity index (χ2v) is 11.9. The number of aromatic nitrogens is 1. The molecule has 0 saturated carbocycles. The van der Waals surface area contributed by atoms with Crippen LogP contribution in [0.15, 0.2) is 181 Å². The van der Waals surface area contributed by atoms with Crippen molar-refractivity contribution in [3.05, 3.63) is 177 Å². The summed E-state index contributed by atoms with van der Waals surface area (Å²) in [5, 5.41) is 7.18. The molecule has 0 spiro atoms. The Hall–Kier alpha value is -6.25. The number of furan rings is 1. The van der Waals surface area contributed by atoms with Crippen molar-refractivity contribution in [1.29, 1.82) is 0 Å². The van der Waals surface area contributed by atoms with Crippen LogP contribution in [0.4, 0.5) is 0 Å². The largest absolute Gasteiger partial charge is 0.456 e. The number of benzene rings is 7. The molecule has 0 aliphatic rings. The van der Waals surface area contributed by atoms with Gasteiger partial charge < -0.3 is 4.42 Å². The summed E-state index contributed by atoms with van der Waals surface area (Å²) in [6, 6.07) is 55.8. The van der Waals surface area contributed by atoms with Gasteiger partial charge in [-0.3, -0.25) is 4.98 Å². The fourth-order valence-electron chi connectivity index (χ4n) is 6.79. The molecule has 0 atom stereocenters. The molecule has 2 aromatic heterocycles. The summed E-state index contributed by atoms with van der Waals surface area (Å²) < 4.78 is 6.03. The highest BCUT2D eigenvalue weighted by Crippen LogP contribution is 2.43. The number of allylic oxidation sites excluding steroid dienone is 1. The van der Waals surface area contributed by atoms with Gasteiger partial charge in [0.2, 0.25) is 0 Å². The third-order valence-electron chi connectivity index (χ3n) is 8.94. The van der Waals surface area contributed by atoms with Crippen molar-refractivity contribution in [2.24, 2.45) is 0 Å². The summed E-state index contributed by atoms with van der Waals surface area (Å²) in [5.74, 6) is 0. The van der Waals surface area contributed by atoms with E-state index in [4.69, 9.17) is 9.40 Å². The second kappa shape index (κ2) is 12.5. The van der Waals surface area contributed by atoms with Gasteiger partial charge in [-0.05, 0) is 80.6 Å². The molecule has 0 unspecified atom stereocenters. The monoisotopic (exact) mass is 615 g/mol. The summed E-state index contributed by atoms with van der Waals surface area (Å²) in [6.07, 6.45) is 3.75. The van der Waals surface area contributed by atoms with Gasteiger partial charge in [-0.1, -0.05) is 140 Å². The molecule has 2 nitrogen and oxygen atoms in total. The predicted octanol–water partition coefficient (Wildman–Crippen LogP) is 13.1. The fraction of sp³-hybridized carbons (Fsp3) is 0.0217. The minimum atomic E-state index is 0.915. The first-order valence-electron chi connectivity index (χ1n) is 16.3. The van der Waals surface area contributed by atoms with Crippen LogP contribution in [0.3, 0.4) is 0 Å². The lowest BCUT2D eigenvalue weighted by Crippen LogP contribution is -1.92. The average Bonchev–Trinajstić information content (AvgIpc) is 3.53. The van der Waals surface area contributed by atoms with Gasteiger partial charge in [-0.15, -0.1) is 6.58 Å². The van der Waals surface area contributed by atoms with Gasteiger partial charge in [0.15, 0.2) is 0 Å². The van der Waals surface area contributed by atoms with Gasteiger partial charge in [0.05, 0.1) is 5.69 Å². The van der Waals surface area contributed by atoms with Gasteiger partial charge in [0.1, 0.15) is 11.2 Å². The van der Waals surface area contributed by atoms with E-state index >= 15 is 0 Å². The van der Waals surface area contributed by atoms with Crippen LogP contribution in [-0.2, 0) is 0 Å². The van der Waals surface area contributed by atoms with Crippen molar-refractivity contribution < 1.29 is 4.42 Å². The fourth-order valence-corrected chi connectivity index (χ4v) is 6.79. The molecule has 0 aliphatic heterocycles. The first kappa shape index (κ1) is 29.2. The molecule has 7 aromatic carbocycles. The molecule has 2 heterocycles. The van der Waals surface area contributed by atoms with Gasteiger partial charge in [-0.2, -0.15) is 0 Å². The number of hydrogen-bond donors (Lipinski definition) is 0. The van der Waals surface area contributed by atoms with E-state index in [0.717, 1.165) is 38.8 Å². The van der Waals surface area contributed by atoms with Crippen LogP contribution in [0.25, 0.3) is 88.1 Å². The summed E-state index contributed by atoms with van der Waals surface area (Å²) in [4.78, 5) is 5.06. The number of fused-ring (bicyclic) bond motifs is 5. The number of para-hydroxylation sites is 1. The van der Waals surface area contributed by atoms with Crippen molar-refractivity contribution in [1.82, 2.24) is 4.98 Å². The third kappa shape index (κ3) is 5.14. The Kier molecular flexibility index (Phi) is 7.60. The third-order valence-corrected chi connectivity index (χ3v) is 8.94. The normalized spacial score (nSPS) is 11.1. The molecule has 9 aromatic rings. The molecule has 0 radical (unpaired) electrons. The van der Waals surface area contributed by atoms with Crippen molar-refractivity contribution in [3.63, 3.8) is 0 Å². The van der Waals surface area contributed by atoms with Crippen LogP contribution in [-0.4, -0.2) is 4.98 Å². The minimum Gasteiger partial charge on any atom is -0.456 e. The molecule has 0 amide bonds. The van der Waals surface area contributed by atoms with Gasteiger partial charge in [0, 0.05) is 28.1 Å². The molecule has 9 rings (SSSR count). The van der Waals surface area contributed by atoms with Gasteiger partial charge in [0.25, 0.3) is 0 Å². The van der Waals surface area contributed by atoms with Crippen molar-refractivity contribution in [2.45, 2.75) is 6.92 Å². The molecule has 0 saturated heterocycles. The Morgan fingerprint density at radius 2 is 0.917 bits per heavy atom. The van der Waals surface area contributed by atoms with Crippen LogP contribution in [0.1, 0.15) is 6.92 Å². The SMILES string of the molecule is C=CC.c1ccc(-c2c3ccccc3c(-c3ccc(-c4ccc(-c5ccc6oc7ccccc7c6c5)cc4)cn3)c3ccccc23)cc1. The highest BCUT2D eigenvalue weighted by Gasteiger charge is 2.17. The molecule has 228 valence electrons. The van der Waals surface area contributed by atoms with E-state index in [1.807, 2.05) is 25.3 Å². The molecule has 0 fully saturated rings. The Morgan fingerprint density at radius 1 is 0.438 bits per heavy atom. The second-order valence-electron chi connectivity index (χ2n) is 11.9. The maximum atomic E-state index is 6.03. The van der Waals surface area contributed by atoms with Crippen molar-refractivity contribution in [2.75, 3.05) is 0 Å². The average molecular weight is 616 g/mol. The lowest BCUT2D eigenvalue weighted by Gasteiger charge is -2.17. The topological polar surface area (TPSA) is 26.0 Å². The Morgan fingerprint density at radius 3 is 1.52 bits per heavy atom. The van der Waals surface area contributed by atoms with Crippen LogP contribution in [0.2, 0.25) is 0 Å². The van der Waals surface area contributed by atoms with E-state index in [9.17, 15) is 0 Å². The Labute approximate surface area is 280 Å². The van der Waals surface area contributed by atoms with Gasteiger partial charge in [-0.25, -0.2) is 0 Å². The van der Waals surface area contributed by atoms with Crippen LogP contribution < -0.4 is 0 Å². The standard InChI is InChI=1S/C43H27NO.C3H6/c1-2-10-30(11-3-1)42-34-13-4-6-15-36(34)43(37-16-7-5-14-35(37)42)39-24-22-32(27-44-39)29-20-18-28(19-21-29)31-23-25-41-38(26-31)33-12-8-9-17-40(33)45-41;1-3-2/h1-27H;3H,1H2,2H3. The zero-order valence-corrected chi connectivity index (χ0v) is 26.7. The van der Waals surface area contributed by atoms with Crippen LogP contribution in [0, 0.1) is 0 Å². The van der Waals surface area contributed by atoms with Crippen LogP contribution >= 0.6 is 0 Å². The number of pyridine rings is 1. The highest BCUT2D eigenvalue weighted by molar-refractivity contribution is 6.21. The quantitative estimate of drug-likeness (QED) is 0.145. The van der Waals surface area contributed by atoms with E-state index in [2.05, 4.69) is 152 Å². The Balaban J connectivity index is 0.00000108. The molecule has 0 bridgehead atoms. The predicted molar refractivity (Wildman–Crippen MR) is 204 cm³/mol. The van der Waals surface area contributed by atoms with Crippen LogP contribution in [0.5, 0.6) is 0 Å². The highest BCUT2D eigenvalue weighted by atomic mass is 16.3. The molecule has 0 N–H and O–H groups in total. The first-order valence-corrected chi connectivity index (χ1v) is 16.3. The number of rotatable bonds is 4. The summed E-state index contributed by atoms with van der Waals surface area (Å²) in [6.45, 7) is 5.25. The summed E-state index contributed by atoms with van der Waals surface area (Å²) in [7, 11) is 0. The lowest BCUT2D eigenvalue weighted by atomic mass is 9.87. The van der Waals surface area contributed by atoms with Gasteiger partial charge >= 0.3 is 0 Å². The zero-order chi connectivity index (χ0) is 32.5. The summed E-state index contributed by atoms with van der Waals surface area (Å²) in [5.41, 5.74) is 11.1. The number of nitrogens with zero attached hydrogens (tertiary/aromatic N) is 1. The zero-order valence-electron chi connectivity index (χ0n) is 26.7. The minimum absolute atomic E-state index is 0.915. The molecule has 0 aliphatic carbocycles. The summed E-state index contributed by atoms with van der Waals surface area (Å²) >= 11 is 0. The van der Waals surface area contributed by atoms with E-state index in [0.29, 0.717) is 0 Å². The first-order chi connectivity index (χ1) is 23.7.